The Bertz CT molecular complexity index is 1170. The number of carboxylic acid groups (broad SMARTS) is 1. The zero-order valence-electron chi connectivity index (χ0n) is 18.9. The monoisotopic (exact) mass is 474 g/mol. The largest absolute Gasteiger partial charge is 0.479 e. The smallest absolute Gasteiger partial charge is 0.407 e. The highest BCUT2D eigenvalue weighted by atomic mass is 16.5. The number of carboxylic acids is 1. The molecule has 0 aromatic heterocycles. The molecule has 1 aliphatic rings. The van der Waals surface area contributed by atoms with Gasteiger partial charge in [0.1, 0.15) is 6.61 Å². The van der Waals surface area contributed by atoms with Gasteiger partial charge in [-0.25, -0.2) is 9.59 Å². The maximum Gasteiger partial charge on any atom is 0.407 e. The van der Waals surface area contributed by atoms with Crippen LogP contribution in [-0.4, -0.2) is 47.4 Å². The van der Waals surface area contributed by atoms with Crippen molar-refractivity contribution in [3.05, 3.63) is 95.6 Å². The van der Waals surface area contributed by atoms with Gasteiger partial charge in [0.25, 0.3) is 0 Å². The first-order valence-electron chi connectivity index (χ1n) is 11.3. The number of fused-ring (bicyclic) bond motifs is 3. The standard InChI is InChI=1S/C27H26N2O6/c30-18(14-24(31)29-25(26(32)33)17-8-2-1-3-9-17)15-28-27(34)35-16-23-21-12-6-4-10-19(21)20-11-5-7-13-22(20)23/h1-13,18,23,25,30H,14-16H2,(H,28,34)(H,29,31)(H,32,33). The van der Waals surface area contributed by atoms with Gasteiger partial charge in [0.05, 0.1) is 12.5 Å². The van der Waals surface area contributed by atoms with E-state index in [2.05, 4.69) is 10.6 Å². The molecule has 2 unspecified atom stereocenters. The first kappa shape index (κ1) is 24.0. The summed E-state index contributed by atoms with van der Waals surface area (Å²) in [4.78, 5) is 36.0. The Hall–Kier alpha value is -4.17. The normalized spacial score (nSPS) is 13.7. The average molecular weight is 475 g/mol. The number of hydrogen-bond donors (Lipinski definition) is 4. The molecule has 0 spiro atoms. The molecule has 0 fully saturated rings. The van der Waals surface area contributed by atoms with Crippen LogP contribution in [0.25, 0.3) is 11.1 Å². The number of aliphatic hydroxyl groups excluding tert-OH is 1. The lowest BCUT2D eigenvalue weighted by Crippen LogP contribution is -2.39. The fourth-order valence-electron chi connectivity index (χ4n) is 4.29. The first-order chi connectivity index (χ1) is 16.9. The van der Waals surface area contributed by atoms with Crippen LogP contribution in [0, 0.1) is 0 Å². The summed E-state index contributed by atoms with van der Waals surface area (Å²) in [7, 11) is 0. The van der Waals surface area contributed by atoms with E-state index in [1.54, 1.807) is 30.3 Å². The van der Waals surface area contributed by atoms with Crippen molar-refractivity contribution >= 4 is 18.0 Å². The van der Waals surface area contributed by atoms with E-state index >= 15 is 0 Å². The molecule has 8 heteroatoms. The van der Waals surface area contributed by atoms with Crippen LogP contribution in [-0.2, 0) is 14.3 Å². The van der Waals surface area contributed by atoms with Crippen molar-refractivity contribution in [1.82, 2.24) is 10.6 Å². The molecule has 4 rings (SSSR count). The zero-order valence-corrected chi connectivity index (χ0v) is 18.9. The molecule has 2 amide bonds. The van der Waals surface area contributed by atoms with Gasteiger partial charge >= 0.3 is 12.1 Å². The number of carbonyl (C=O) groups excluding carboxylic acids is 2. The Morgan fingerprint density at radius 1 is 0.857 bits per heavy atom. The Kier molecular flexibility index (Phi) is 7.42. The number of alkyl carbamates (subject to hydrolysis) is 1. The average Bonchev–Trinajstić information content (AvgIpc) is 3.19. The summed E-state index contributed by atoms with van der Waals surface area (Å²) in [5, 5.41) is 24.4. The molecule has 0 radical (unpaired) electrons. The summed E-state index contributed by atoms with van der Waals surface area (Å²) < 4.78 is 5.41. The Balaban J connectivity index is 1.25. The molecule has 1 aliphatic carbocycles. The number of carbonyl (C=O) groups is 3. The number of hydrogen-bond acceptors (Lipinski definition) is 5. The van der Waals surface area contributed by atoms with E-state index in [4.69, 9.17) is 4.74 Å². The molecular weight excluding hydrogens is 448 g/mol. The third kappa shape index (κ3) is 5.67. The second-order valence-corrected chi connectivity index (χ2v) is 8.31. The van der Waals surface area contributed by atoms with Crippen molar-refractivity contribution in [2.24, 2.45) is 0 Å². The van der Waals surface area contributed by atoms with Crippen molar-refractivity contribution in [3.63, 3.8) is 0 Å². The number of benzene rings is 3. The van der Waals surface area contributed by atoms with Gasteiger partial charge in [-0.15, -0.1) is 0 Å². The topological polar surface area (TPSA) is 125 Å². The maximum atomic E-state index is 12.2. The van der Waals surface area contributed by atoms with Crippen LogP contribution in [0.2, 0.25) is 0 Å². The van der Waals surface area contributed by atoms with Crippen LogP contribution in [0.15, 0.2) is 78.9 Å². The summed E-state index contributed by atoms with van der Waals surface area (Å²) in [6.45, 7) is -0.0824. The lowest BCUT2D eigenvalue weighted by molar-refractivity contribution is -0.142. The molecule has 0 saturated carbocycles. The Morgan fingerprint density at radius 3 is 2.03 bits per heavy atom. The van der Waals surface area contributed by atoms with Crippen LogP contribution < -0.4 is 10.6 Å². The molecule has 0 bridgehead atoms. The number of rotatable bonds is 9. The van der Waals surface area contributed by atoms with E-state index in [0.29, 0.717) is 5.56 Å². The van der Waals surface area contributed by atoms with Gasteiger partial charge in [0, 0.05) is 12.5 Å². The quantitative estimate of drug-likeness (QED) is 0.377. The SMILES string of the molecule is O=C(CC(O)CNC(=O)OCC1c2ccccc2-c2ccccc21)NC(C(=O)O)c1ccccc1. The van der Waals surface area contributed by atoms with Gasteiger partial charge in [0.2, 0.25) is 5.91 Å². The van der Waals surface area contributed by atoms with Crippen LogP contribution in [0.3, 0.4) is 0 Å². The van der Waals surface area contributed by atoms with Crippen molar-refractivity contribution in [2.75, 3.05) is 13.2 Å². The molecule has 35 heavy (non-hydrogen) atoms. The van der Waals surface area contributed by atoms with Gasteiger partial charge < -0.3 is 25.6 Å². The number of aliphatic carboxylic acids is 1. The van der Waals surface area contributed by atoms with Crippen LogP contribution in [0.5, 0.6) is 0 Å². The molecular formula is C27H26N2O6. The van der Waals surface area contributed by atoms with Gasteiger partial charge in [-0.3, -0.25) is 4.79 Å². The van der Waals surface area contributed by atoms with Crippen molar-refractivity contribution in [3.8, 4) is 11.1 Å². The minimum atomic E-state index is -1.23. The van der Waals surface area contributed by atoms with E-state index in [-0.39, 0.29) is 25.5 Å². The number of nitrogens with one attached hydrogen (secondary N) is 2. The van der Waals surface area contributed by atoms with Crippen LogP contribution >= 0.6 is 0 Å². The van der Waals surface area contributed by atoms with Crippen molar-refractivity contribution in [1.29, 1.82) is 0 Å². The minimum Gasteiger partial charge on any atom is -0.479 e. The molecule has 3 aromatic carbocycles. The fraction of sp³-hybridized carbons (Fsp3) is 0.222. The highest BCUT2D eigenvalue weighted by Crippen LogP contribution is 2.44. The van der Waals surface area contributed by atoms with Crippen molar-refractivity contribution < 1.29 is 29.3 Å². The minimum absolute atomic E-state index is 0.0882. The van der Waals surface area contributed by atoms with Crippen LogP contribution in [0.4, 0.5) is 4.79 Å². The summed E-state index contributed by atoms with van der Waals surface area (Å²) >= 11 is 0. The third-order valence-corrected chi connectivity index (χ3v) is 5.93. The van der Waals surface area contributed by atoms with E-state index in [1.807, 2.05) is 48.5 Å². The fourth-order valence-corrected chi connectivity index (χ4v) is 4.29. The van der Waals surface area contributed by atoms with E-state index in [0.717, 1.165) is 22.3 Å². The second kappa shape index (κ2) is 10.8. The molecule has 0 aliphatic heterocycles. The molecule has 3 aromatic rings. The summed E-state index contributed by atoms with van der Waals surface area (Å²) in [6.07, 6.45) is -2.29. The van der Waals surface area contributed by atoms with E-state index in [9.17, 15) is 24.6 Å². The van der Waals surface area contributed by atoms with Gasteiger partial charge in [-0.05, 0) is 27.8 Å². The van der Waals surface area contributed by atoms with Gasteiger partial charge in [-0.1, -0.05) is 78.9 Å². The molecule has 8 nitrogen and oxygen atoms in total. The molecule has 180 valence electrons. The third-order valence-electron chi connectivity index (χ3n) is 5.93. The molecule has 0 saturated heterocycles. The number of aliphatic hydroxyl groups is 1. The predicted octanol–water partition coefficient (Wildman–Crippen LogP) is 3.22. The lowest BCUT2D eigenvalue weighted by atomic mass is 9.98. The Labute approximate surface area is 202 Å². The van der Waals surface area contributed by atoms with Crippen molar-refractivity contribution in [2.45, 2.75) is 24.5 Å². The lowest BCUT2D eigenvalue weighted by Gasteiger charge is -2.17. The molecule has 4 N–H and O–H groups in total. The van der Waals surface area contributed by atoms with Crippen LogP contribution in [0.1, 0.15) is 35.1 Å². The second-order valence-electron chi connectivity index (χ2n) is 8.31. The number of ether oxygens (including phenoxy) is 1. The molecule has 2 atom stereocenters. The Morgan fingerprint density at radius 2 is 1.43 bits per heavy atom. The zero-order chi connectivity index (χ0) is 24.8. The highest BCUT2D eigenvalue weighted by molar-refractivity contribution is 5.85. The predicted molar refractivity (Wildman–Crippen MR) is 129 cm³/mol. The van der Waals surface area contributed by atoms with E-state index in [1.165, 1.54) is 0 Å². The summed E-state index contributed by atoms with van der Waals surface area (Å²) in [5.74, 6) is -1.95. The molecule has 0 heterocycles. The summed E-state index contributed by atoms with van der Waals surface area (Å²) in [5.41, 5.74) is 4.83. The maximum absolute atomic E-state index is 12.2. The summed E-state index contributed by atoms with van der Waals surface area (Å²) in [6, 6.07) is 23.0. The number of amides is 2. The highest BCUT2D eigenvalue weighted by Gasteiger charge is 2.29. The van der Waals surface area contributed by atoms with Gasteiger partial charge in [0.15, 0.2) is 6.04 Å². The van der Waals surface area contributed by atoms with Gasteiger partial charge in [-0.2, -0.15) is 0 Å². The first-order valence-corrected chi connectivity index (χ1v) is 11.3. The van der Waals surface area contributed by atoms with E-state index < -0.39 is 30.1 Å².